The highest BCUT2D eigenvalue weighted by Crippen LogP contribution is 2.40. The van der Waals surface area contributed by atoms with Crippen molar-refractivity contribution in [2.24, 2.45) is 5.41 Å². The van der Waals surface area contributed by atoms with Gasteiger partial charge in [-0.25, -0.2) is 0 Å². The Kier molecular flexibility index (Phi) is 4.80. The van der Waals surface area contributed by atoms with Crippen LogP contribution in [0.2, 0.25) is 0 Å². The Labute approximate surface area is 159 Å². The standard InChI is InChI=1S/C23H24N2O2/c26-20-10-8-17(9-11-20)15-23(12-4-1-5-13-23)22(27)25-19-14-18-6-2-3-7-21(18)24-16-19/h2-3,6-11,14,16,26H,1,4-5,12-13,15H2,(H,25,27). The molecule has 1 fully saturated rings. The van der Waals surface area contributed by atoms with Gasteiger partial charge in [0.05, 0.1) is 22.8 Å². The van der Waals surface area contributed by atoms with Gasteiger partial charge in [0.1, 0.15) is 5.75 Å². The third-order valence-corrected chi connectivity index (χ3v) is 5.62. The van der Waals surface area contributed by atoms with E-state index in [9.17, 15) is 9.90 Å². The molecule has 1 aromatic heterocycles. The van der Waals surface area contributed by atoms with E-state index in [4.69, 9.17) is 0 Å². The zero-order valence-electron chi connectivity index (χ0n) is 15.3. The number of aromatic hydroxyl groups is 1. The number of anilines is 1. The first-order valence-corrected chi connectivity index (χ1v) is 9.59. The molecule has 0 spiro atoms. The Hall–Kier alpha value is -2.88. The van der Waals surface area contributed by atoms with Crippen molar-refractivity contribution in [2.45, 2.75) is 38.5 Å². The number of pyridine rings is 1. The van der Waals surface area contributed by atoms with Crippen LogP contribution in [0.15, 0.2) is 60.8 Å². The monoisotopic (exact) mass is 360 g/mol. The van der Waals surface area contributed by atoms with E-state index in [1.165, 1.54) is 6.42 Å². The summed E-state index contributed by atoms with van der Waals surface area (Å²) in [7, 11) is 0. The van der Waals surface area contributed by atoms with Crippen molar-refractivity contribution in [3.8, 4) is 5.75 Å². The van der Waals surface area contributed by atoms with Crippen LogP contribution < -0.4 is 5.32 Å². The first-order chi connectivity index (χ1) is 13.1. The van der Waals surface area contributed by atoms with Crippen LogP contribution >= 0.6 is 0 Å². The van der Waals surface area contributed by atoms with Gasteiger partial charge in [0, 0.05) is 5.39 Å². The van der Waals surface area contributed by atoms with Crippen molar-refractivity contribution in [2.75, 3.05) is 5.32 Å². The van der Waals surface area contributed by atoms with Crippen LogP contribution in [0.1, 0.15) is 37.7 Å². The van der Waals surface area contributed by atoms with Crippen molar-refractivity contribution < 1.29 is 9.90 Å². The molecule has 138 valence electrons. The molecule has 0 radical (unpaired) electrons. The van der Waals surface area contributed by atoms with Gasteiger partial charge in [-0.3, -0.25) is 9.78 Å². The van der Waals surface area contributed by atoms with E-state index in [-0.39, 0.29) is 11.7 Å². The lowest BCUT2D eigenvalue weighted by Gasteiger charge is -2.36. The minimum absolute atomic E-state index is 0.0763. The zero-order valence-corrected chi connectivity index (χ0v) is 15.3. The second-order valence-corrected chi connectivity index (χ2v) is 7.56. The highest BCUT2D eigenvalue weighted by atomic mass is 16.3. The summed E-state index contributed by atoms with van der Waals surface area (Å²) in [5.74, 6) is 0.329. The van der Waals surface area contributed by atoms with Gasteiger partial charge in [-0.05, 0) is 49.1 Å². The van der Waals surface area contributed by atoms with Gasteiger partial charge >= 0.3 is 0 Å². The average Bonchev–Trinajstić information content (AvgIpc) is 2.70. The van der Waals surface area contributed by atoms with Crippen LogP contribution in [-0.2, 0) is 11.2 Å². The van der Waals surface area contributed by atoms with Crippen LogP contribution in [0.4, 0.5) is 5.69 Å². The predicted molar refractivity (Wildman–Crippen MR) is 108 cm³/mol. The largest absolute Gasteiger partial charge is 0.508 e. The first kappa shape index (κ1) is 17.5. The van der Waals surface area contributed by atoms with Gasteiger partial charge in [0.15, 0.2) is 0 Å². The fourth-order valence-corrected chi connectivity index (χ4v) is 4.12. The second kappa shape index (κ2) is 7.39. The van der Waals surface area contributed by atoms with Crippen molar-refractivity contribution in [1.29, 1.82) is 0 Å². The highest BCUT2D eigenvalue weighted by molar-refractivity contribution is 5.97. The van der Waals surface area contributed by atoms with Crippen molar-refractivity contribution in [3.63, 3.8) is 0 Å². The number of rotatable bonds is 4. The van der Waals surface area contributed by atoms with E-state index in [0.717, 1.165) is 47.8 Å². The number of fused-ring (bicyclic) bond motifs is 1. The third kappa shape index (κ3) is 3.80. The fraction of sp³-hybridized carbons (Fsp3) is 0.304. The summed E-state index contributed by atoms with van der Waals surface area (Å²) in [6, 6.07) is 17.1. The lowest BCUT2D eigenvalue weighted by molar-refractivity contribution is -0.127. The van der Waals surface area contributed by atoms with Crippen LogP contribution in [0.25, 0.3) is 10.9 Å². The normalized spacial score (nSPS) is 16.1. The average molecular weight is 360 g/mol. The Morgan fingerprint density at radius 2 is 1.78 bits per heavy atom. The van der Waals surface area contributed by atoms with Crippen molar-refractivity contribution in [1.82, 2.24) is 4.98 Å². The number of benzene rings is 2. The lowest BCUT2D eigenvalue weighted by Crippen LogP contribution is -2.40. The van der Waals surface area contributed by atoms with Gasteiger partial charge in [0.25, 0.3) is 0 Å². The highest BCUT2D eigenvalue weighted by Gasteiger charge is 2.39. The maximum atomic E-state index is 13.3. The quantitative estimate of drug-likeness (QED) is 0.682. The van der Waals surface area contributed by atoms with E-state index in [0.29, 0.717) is 6.42 Å². The number of phenolic OH excluding ortho intramolecular Hbond substituents is 1. The van der Waals surface area contributed by atoms with E-state index < -0.39 is 5.41 Å². The molecule has 1 amide bonds. The van der Waals surface area contributed by atoms with E-state index >= 15 is 0 Å². The van der Waals surface area contributed by atoms with Gasteiger partial charge in [0.2, 0.25) is 5.91 Å². The Morgan fingerprint density at radius 1 is 1.04 bits per heavy atom. The smallest absolute Gasteiger partial charge is 0.230 e. The first-order valence-electron chi connectivity index (χ1n) is 9.59. The molecule has 1 saturated carbocycles. The van der Waals surface area contributed by atoms with E-state index in [1.54, 1.807) is 18.3 Å². The maximum Gasteiger partial charge on any atom is 0.230 e. The number of para-hydroxylation sites is 1. The summed E-state index contributed by atoms with van der Waals surface area (Å²) >= 11 is 0. The molecule has 0 saturated heterocycles. The minimum atomic E-state index is -0.402. The molecule has 4 nitrogen and oxygen atoms in total. The van der Waals surface area contributed by atoms with E-state index in [2.05, 4.69) is 10.3 Å². The number of hydrogen-bond donors (Lipinski definition) is 2. The third-order valence-electron chi connectivity index (χ3n) is 5.62. The van der Waals surface area contributed by atoms with Gasteiger partial charge in [-0.2, -0.15) is 0 Å². The molecule has 0 bridgehead atoms. The Bertz CT molecular complexity index is 944. The summed E-state index contributed by atoms with van der Waals surface area (Å²) in [6.45, 7) is 0. The topological polar surface area (TPSA) is 62.2 Å². The molecule has 3 aromatic rings. The van der Waals surface area contributed by atoms with Gasteiger partial charge in [-0.1, -0.05) is 49.6 Å². The number of carbonyl (C=O) groups excluding carboxylic acids is 1. The van der Waals surface area contributed by atoms with Crippen LogP contribution in [0.3, 0.4) is 0 Å². The van der Waals surface area contributed by atoms with Crippen molar-refractivity contribution in [3.05, 3.63) is 66.4 Å². The molecule has 4 rings (SSSR count). The minimum Gasteiger partial charge on any atom is -0.508 e. The lowest BCUT2D eigenvalue weighted by atomic mass is 9.69. The van der Waals surface area contributed by atoms with E-state index in [1.807, 2.05) is 42.5 Å². The molecule has 0 aliphatic heterocycles. The summed E-state index contributed by atoms with van der Waals surface area (Å²) in [5.41, 5.74) is 2.35. The zero-order chi connectivity index (χ0) is 18.7. The molecular weight excluding hydrogens is 336 g/mol. The molecule has 2 N–H and O–H groups in total. The van der Waals surface area contributed by atoms with Crippen LogP contribution in [0.5, 0.6) is 5.75 Å². The molecule has 1 aliphatic carbocycles. The summed E-state index contributed by atoms with van der Waals surface area (Å²) in [4.78, 5) is 17.8. The summed E-state index contributed by atoms with van der Waals surface area (Å²) in [5, 5.41) is 13.7. The van der Waals surface area contributed by atoms with Crippen LogP contribution in [-0.4, -0.2) is 16.0 Å². The van der Waals surface area contributed by atoms with Gasteiger partial charge in [-0.15, -0.1) is 0 Å². The molecule has 27 heavy (non-hydrogen) atoms. The van der Waals surface area contributed by atoms with Crippen molar-refractivity contribution >= 4 is 22.5 Å². The Balaban J connectivity index is 1.58. The predicted octanol–water partition coefficient (Wildman–Crippen LogP) is 5.07. The Morgan fingerprint density at radius 3 is 2.56 bits per heavy atom. The summed E-state index contributed by atoms with van der Waals surface area (Å²) in [6.07, 6.45) is 7.53. The molecule has 0 atom stereocenters. The SMILES string of the molecule is O=C(Nc1cnc2ccccc2c1)C1(Cc2ccc(O)cc2)CCCCC1. The molecule has 1 aliphatic rings. The number of phenols is 1. The molecular formula is C23H24N2O2. The molecule has 4 heteroatoms. The number of carbonyl (C=O) groups is 1. The maximum absolute atomic E-state index is 13.3. The number of nitrogens with zero attached hydrogens (tertiary/aromatic N) is 1. The number of amides is 1. The number of hydrogen-bond acceptors (Lipinski definition) is 3. The number of aromatic nitrogens is 1. The molecule has 1 heterocycles. The summed E-state index contributed by atoms with van der Waals surface area (Å²) < 4.78 is 0. The van der Waals surface area contributed by atoms with Crippen LogP contribution in [0, 0.1) is 5.41 Å². The van der Waals surface area contributed by atoms with Gasteiger partial charge < -0.3 is 10.4 Å². The second-order valence-electron chi connectivity index (χ2n) is 7.56. The fourth-order valence-electron chi connectivity index (χ4n) is 4.12. The number of nitrogens with one attached hydrogen (secondary N) is 1. The molecule has 2 aromatic carbocycles. The molecule has 0 unspecified atom stereocenters.